The summed E-state index contributed by atoms with van der Waals surface area (Å²) in [5.74, 6) is 0.373. The summed E-state index contributed by atoms with van der Waals surface area (Å²) >= 11 is 0. The first kappa shape index (κ1) is 24.8. The average Bonchev–Trinajstić information content (AvgIpc) is 3.29. The van der Waals surface area contributed by atoms with E-state index in [2.05, 4.69) is 26.3 Å². The quantitative estimate of drug-likeness (QED) is 0.559. The Kier molecular flexibility index (Phi) is 7.40. The summed E-state index contributed by atoms with van der Waals surface area (Å²) in [4.78, 5) is 17.4. The van der Waals surface area contributed by atoms with Crippen LogP contribution in [0.3, 0.4) is 0 Å². The van der Waals surface area contributed by atoms with Crippen LogP contribution >= 0.6 is 0 Å². The van der Waals surface area contributed by atoms with Gasteiger partial charge in [-0.2, -0.15) is 10.4 Å². The van der Waals surface area contributed by atoms with E-state index in [-0.39, 0.29) is 0 Å². The first-order valence-corrected chi connectivity index (χ1v) is 12.7. The molecule has 0 unspecified atom stereocenters. The topological polar surface area (TPSA) is 95.7 Å². The Bertz CT molecular complexity index is 1280. The summed E-state index contributed by atoms with van der Waals surface area (Å²) in [5.41, 5.74) is 4.71. The number of hydrogen-bond donors (Lipinski definition) is 1. The molecule has 2 saturated heterocycles. The number of aryl methyl sites for hydroxylation is 1. The lowest BCUT2D eigenvalue weighted by Gasteiger charge is -2.41. The van der Waals surface area contributed by atoms with Crippen molar-refractivity contribution < 1.29 is 14.3 Å². The maximum atomic E-state index is 12.6. The molecule has 37 heavy (non-hydrogen) atoms. The molecule has 3 aromatic rings. The number of benzene rings is 2. The van der Waals surface area contributed by atoms with E-state index in [0.29, 0.717) is 28.7 Å². The van der Waals surface area contributed by atoms with Crippen LogP contribution in [0.5, 0.6) is 5.75 Å². The fraction of sp³-hybridized carbons (Fsp3) is 0.393. The fourth-order valence-electron chi connectivity index (χ4n) is 5.08. The predicted molar refractivity (Wildman–Crippen MR) is 141 cm³/mol. The van der Waals surface area contributed by atoms with Gasteiger partial charge < -0.3 is 14.4 Å². The summed E-state index contributed by atoms with van der Waals surface area (Å²) in [6.07, 6.45) is 3.02. The van der Waals surface area contributed by atoms with Crippen molar-refractivity contribution in [2.75, 3.05) is 49.6 Å². The van der Waals surface area contributed by atoms with Crippen molar-refractivity contribution in [2.45, 2.75) is 32.7 Å². The monoisotopic (exact) mass is 500 g/mol. The van der Waals surface area contributed by atoms with Crippen molar-refractivity contribution in [3.8, 4) is 17.5 Å². The molecule has 2 aromatic carbocycles. The van der Waals surface area contributed by atoms with E-state index in [1.807, 2.05) is 50.2 Å². The molecular weight excluding hydrogens is 468 g/mol. The molecule has 2 aliphatic rings. The molecule has 9 heteroatoms. The zero-order valence-electron chi connectivity index (χ0n) is 21.3. The predicted octanol–water partition coefficient (Wildman–Crippen LogP) is 4.27. The highest BCUT2D eigenvalue weighted by Crippen LogP contribution is 2.29. The Balaban J connectivity index is 1.20. The zero-order valence-corrected chi connectivity index (χ0v) is 21.3. The number of amides is 1. The van der Waals surface area contributed by atoms with E-state index >= 15 is 0 Å². The largest absolute Gasteiger partial charge is 0.417 e. The molecule has 192 valence electrons. The number of carbonyl (C=O) groups is 1. The van der Waals surface area contributed by atoms with E-state index in [1.165, 1.54) is 6.20 Å². The highest BCUT2D eigenvalue weighted by atomic mass is 16.6. The highest BCUT2D eigenvalue weighted by molar-refractivity contribution is 5.87. The maximum Gasteiger partial charge on any atom is 0.417 e. The number of hydrogen-bond acceptors (Lipinski definition) is 7. The van der Waals surface area contributed by atoms with Gasteiger partial charge in [-0.3, -0.25) is 10.2 Å². The van der Waals surface area contributed by atoms with Gasteiger partial charge in [-0.1, -0.05) is 17.7 Å². The molecule has 0 saturated carbocycles. The van der Waals surface area contributed by atoms with E-state index in [4.69, 9.17) is 9.47 Å². The number of piperidine rings is 1. The summed E-state index contributed by atoms with van der Waals surface area (Å²) in [6, 6.07) is 16.2. The van der Waals surface area contributed by atoms with E-state index in [9.17, 15) is 10.1 Å². The number of aromatic nitrogens is 2. The number of ether oxygens (including phenoxy) is 2. The number of rotatable bonds is 5. The molecule has 1 aromatic heterocycles. The fourth-order valence-corrected chi connectivity index (χ4v) is 5.08. The summed E-state index contributed by atoms with van der Waals surface area (Å²) < 4.78 is 12.7. The average molecular weight is 501 g/mol. The van der Waals surface area contributed by atoms with Crippen LogP contribution in [0.4, 0.5) is 16.2 Å². The van der Waals surface area contributed by atoms with Gasteiger partial charge in [0.2, 0.25) is 0 Å². The Morgan fingerprint density at radius 2 is 1.81 bits per heavy atom. The Morgan fingerprint density at radius 3 is 2.51 bits per heavy atom. The molecule has 0 atom stereocenters. The van der Waals surface area contributed by atoms with Gasteiger partial charge in [-0.15, -0.1) is 0 Å². The van der Waals surface area contributed by atoms with Crippen LogP contribution < -0.4 is 15.0 Å². The maximum absolute atomic E-state index is 12.6. The van der Waals surface area contributed by atoms with Crippen molar-refractivity contribution in [1.82, 2.24) is 14.7 Å². The van der Waals surface area contributed by atoms with Crippen LogP contribution in [0.15, 0.2) is 48.7 Å². The third kappa shape index (κ3) is 5.61. The lowest BCUT2D eigenvalue weighted by Crippen LogP contribution is -2.49. The Labute approximate surface area is 217 Å². The third-order valence-corrected chi connectivity index (χ3v) is 7.18. The third-order valence-electron chi connectivity index (χ3n) is 7.18. The second-order valence-electron chi connectivity index (χ2n) is 9.57. The van der Waals surface area contributed by atoms with Crippen molar-refractivity contribution in [3.63, 3.8) is 0 Å². The molecule has 5 rings (SSSR count). The molecule has 9 nitrogen and oxygen atoms in total. The van der Waals surface area contributed by atoms with E-state index in [1.54, 1.807) is 10.7 Å². The molecule has 0 radical (unpaired) electrons. The van der Waals surface area contributed by atoms with E-state index < -0.39 is 6.09 Å². The summed E-state index contributed by atoms with van der Waals surface area (Å²) in [6.45, 7) is 9.28. The van der Waals surface area contributed by atoms with Crippen molar-refractivity contribution in [1.29, 1.82) is 5.26 Å². The standard InChI is InChI=1S/C28H32N6O3/c1-20-3-6-25(7-4-20)34-21(2)27(19-30-34)37-28(35)31-23-5-8-26(22(17-23)18-29)33-11-9-24(10-12-33)32-13-15-36-16-14-32/h3-8,17,19,24H,9-16H2,1-2H3,(H,31,35). The molecule has 0 spiro atoms. The van der Waals surface area contributed by atoms with Gasteiger partial charge in [0.15, 0.2) is 5.75 Å². The van der Waals surface area contributed by atoms with Crippen LogP contribution in [-0.4, -0.2) is 66.2 Å². The number of nitrogens with one attached hydrogen (secondary N) is 1. The van der Waals surface area contributed by atoms with Gasteiger partial charge >= 0.3 is 6.09 Å². The Morgan fingerprint density at radius 1 is 1.08 bits per heavy atom. The molecule has 1 N–H and O–H groups in total. The first-order valence-electron chi connectivity index (χ1n) is 12.7. The second kappa shape index (κ2) is 11.0. The summed E-state index contributed by atoms with van der Waals surface area (Å²) in [7, 11) is 0. The van der Waals surface area contributed by atoms with Gasteiger partial charge in [0.1, 0.15) is 6.07 Å². The molecule has 2 aliphatic heterocycles. The number of anilines is 2. The molecule has 2 fully saturated rings. The lowest BCUT2D eigenvalue weighted by molar-refractivity contribution is 0.0115. The number of nitrogens with zero attached hydrogens (tertiary/aromatic N) is 5. The lowest BCUT2D eigenvalue weighted by atomic mass is 10.0. The van der Waals surface area contributed by atoms with Crippen LogP contribution in [0, 0.1) is 25.2 Å². The van der Waals surface area contributed by atoms with Crippen LogP contribution in [0.25, 0.3) is 5.69 Å². The van der Waals surface area contributed by atoms with E-state index in [0.717, 1.165) is 69.2 Å². The Hall–Kier alpha value is -3.87. The van der Waals surface area contributed by atoms with Gasteiger partial charge in [0.25, 0.3) is 0 Å². The van der Waals surface area contributed by atoms with Gasteiger partial charge in [-0.25, -0.2) is 9.48 Å². The van der Waals surface area contributed by atoms with Gasteiger partial charge in [0.05, 0.1) is 42.0 Å². The number of nitriles is 1. The normalized spacial score (nSPS) is 16.8. The van der Waals surface area contributed by atoms with Crippen molar-refractivity contribution >= 4 is 17.5 Å². The summed E-state index contributed by atoms with van der Waals surface area (Å²) in [5, 5.41) is 16.9. The highest BCUT2D eigenvalue weighted by Gasteiger charge is 2.27. The molecular formula is C28H32N6O3. The minimum absolute atomic E-state index is 0.373. The van der Waals surface area contributed by atoms with Crippen molar-refractivity contribution in [3.05, 3.63) is 65.5 Å². The molecule has 0 aliphatic carbocycles. The molecule has 3 heterocycles. The zero-order chi connectivity index (χ0) is 25.8. The second-order valence-corrected chi connectivity index (χ2v) is 9.57. The smallest absolute Gasteiger partial charge is 0.406 e. The number of carbonyl (C=O) groups excluding carboxylic acids is 1. The van der Waals surface area contributed by atoms with Crippen molar-refractivity contribution in [2.24, 2.45) is 0 Å². The molecule has 1 amide bonds. The van der Waals surface area contributed by atoms with Gasteiger partial charge in [0, 0.05) is 37.9 Å². The van der Waals surface area contributed by atoms with Crippen LogP contribution in [-0.2, 0) is 4.74 Å². The SMILES string of the molecule is Cc1ccc(-n2ncc(OC(=O)Nc3ccc(N4CCC(N5CCOCC5)CC4)c(C#N)c3)c2C)cc1. The van der Waals surface area contributed by atoms with Crippen LogP contribution in [0.1, 0.15) is 29.7 Å². The first-order chi connectivity index (χ1) is 18.0. The van der Waals surface area contributed by atoms with Gasteiger partial charge in [-0.05, 0) is 57.0 Å². The molecule has 0 bridgehead atoms. The minimum Gasteiger partial charge on any atom is -0.406 e. The minimum atomic E-state index is -0.630. The van der Waals surface area contributed by atoms with Crippen LogP contribution in [0.2, 0.25) is 0 Å². The number of morpholine rings is 1.